The highest BCUT2D eigenvalue weighted by Crippen LogP contribution is 2.25. The molecule has 3 rings (SSSR count). The molecule has 7 heteroatoms. The molecule has 4 N–H and O–H groups in total. The second-order valence-electron chi connectivity index (χ2n) is 6.37. The van der Waals surface area contributed by atoms with Crippen LogP contribution in [0.2, 0.25) is 0 Å². The Kier molecular flexibility index (Phi) is 6.86. The zero-order valence-corrected chi connectivity index (χ0v) is 14.3. The Morgan fingerprint density at radius 1 is 1.17 bits per heavy atom. The van der Waals surface area contributed by atoms with Crippen LogP contribution in [0.3, 0.4) is 0 Å². The van der Waals surface area contributed by atoms with E-state index >= 15 is 0 Å². The maximum absolute atomic E-state index is 12.1. The normalized spacial score (nSPS) is 29.6. The van der Waals surface area contributed by atoms with Gasteiger partial charge in [0.05, 0.1) is 18.2 Å². The molecule has 1 aromatic carbocycles. The third-order valence-corrected chi connectivity index (χ3v) is 4.50. The van der Waals surface area contributed by atoms with Crippen LogP contribution in [-0.4, -0.2) is 47.0 Å². The first kappa shape index (κ1) is 19.0. The molecule has 1 aromatic rings. The van der Waals surface area contributed by atoms with E-state index in [0.29, 0.717) is 24.4 Å². The summed E-state index contributed by atoms with van der Waals surface area (Å²) in [6.45, 7) is 0.453. The number of β-amino-alcohol motifs (C(OH)–C–C–N with tert-alkyl or cyclic N) is 1. The van der Waals surface area contributed by atoms with Gasteiger partial charge in [-0.15, -0.1) is 12.4 Å². The number of aliphatic hydroxyl groups is 2. The van der Waals surface area contributed by atoms with Crippen LogP contribution in [0.25, 0.3) is 0 Å². The van der Waals surface area contributed by atoms with E-state index in [0.717, 1.165) is 25.7 Å². The number of hydrogen-bond acceptors (Lipinski definition) is 5. The van der Waals surface area contributed by atoms with Crippen molar-refractivity contribution in [2.75, 3.05) is 11.9 Å². The van der Waals surface area contributed by atoms with Gasteiger partial charge >= 0.3 is 0 Å². The largest absolute Gasteiger partial charge is 0.488 e. The molecule has 0 spiro atoms. The molecule has 24 heavy (non-hydrogen) atoms. The van der Waals surface area contributed by atoms with Crippen molar-refractivity contribution in [3.05, 3.63) is 24.3 Å². The highest BCUT2D eigenvalue weighted by molar-refractivity contribution is 5.95. The molecule has 0 bridgehead atoms. The van der Waals surface area contributed by atoms with Crippen molar-refractivity contribution < 1.29 is 19.7 Å². The predicted molar refractivity (Wildman–Crippen MR) is 93.6 cm³/mol. The number of carbonyl (C=O) groups excluding carboxylic acids is 1. The number of nitrogens with one attached hydrogen (secondary N) is 2. The van der Waals surface area contributed by atoms with Gasteiger partial charge in [-0.3, -0.25) is 4.79 Å². The quantitative estimate of drug-likeness (QED) is 0.655. The van der Waals surface area contributed by atoms with Crippen LogP contribution in [0.5, 0.6) is 5.75 Å². The summed E-state index contributed by atoms with van der Waals surface area (Å²) in [6.07, 6.45) is 3.23. The van der Waals surface area contributed by atoms with Crippen LogP contribution in [0.15, 0.2) is 24.3 Å². The molecule has 4 atom stereocenters. The lowest BCUT2D eigenvalue weighted by molar-refractivity contribution is -0.117. The fourth-order valence-corrected chi connectivity index (χ4v) is 3.15. The molecule has 0 radical (unpaired) electrons. The summed E-state index contributed by atoms with van der Waals surface area (Å²) in [5.74, 6) is 0.557. The number of anilines is 1. The van der Waals surface area contributed by atoms with E-state index in [2.05, 4.69) is 10.6 Å². The van der Waals surface area contributed by atoms with Crippen molar-refractivity contribution >= 4 is 24.0 Å². The molecule has 1 saturated heterocycles. The van der Waals surface area contributed by atoms with Crippen LogP contribution in [-0.2, 0) is 4.79 Å². The summed E-state index contributed by atoms with van der Waals surface area (Å²) in [7, 11) is 0. The Labute approximate surface area is 148 Å². The number of benzene rings is 1. The number of carbonyl (C=O) groups is 1. The third kappa shape index (κ3) is 4.83. The number of rotatable bonds is 4. The number of halogens is 1. The lowest BCUT2D eigenvalue weighted by atomic mass is 9.95. The van der Waals surface area contributed by atoms with Crippen molar-refractivity contribution in [3.8, 4) is 5.75 Å². The number of aliphatic hydroxyl groups excluding tert-OH is 2. The van der Waals surface area contributed by atoms with Gasteiger partial charge in [0.2, 0.25) is 5.91 Å². The maximum atomic E-state index is 12.1. The molecule has 2 unspecified atom stereocenters. The maximum Gasteiger partial charge on any atom is 0.241 e. The average Bonchev–Trinajstić information content (AvgIpc) is 2.98. The van der Waals surface area contributed by atoms with Gasteiger partial charge in [0, 0.05) is 12.2 Å². The molecule has 134 valence electrons. The second-order valence-corrected chi connectivity index (χ2v) is 6.37. The first-order chi connectivity index (χ1) is 11.1. The van der Waals surface area contributed by atoms with Gasteiger partial charge in [-0.2, -0.15) is 0 Å². The van der Waals surface area contributed by atoms with E-state index in [-0.39, 0.29) is 30.5 Å². The molecule has 1 amide bonds. The van der Waals surface area contributed by atoms with Crippen LogP contribution in [0.4, 0.5) is 5.69 Å². The van der Waals surface area contributed by atoms with Gasteiger partial charge in [-0.05, 0) is 49.9 Å². The summed E-state index contributed by atoms with van der Waals surface area (Å²) in [5, 5.41) is 25.2. The molecule has 1 aliphatic heterocycles. The average molecular weight is 357 g/mol. The third-order valence-electron chi connectivity index (χ3n) is 4.50. The van der Waals surface area contributed by atoms with E-state index in [1.165, 1.54) is 0 Å². The fourth-order valence-electron chi connectivity index (χ4n) is 3.15. The molecule has 0 aromatic heterocycles. The standard InChI is InChI=1S/C17H24N2O4.ClH/c20-12-9-14(18-10-12)17(22)19-11-5-7-13(8-6-11)23-16-4-2-1-3-15(16)21;/h5-8,12,14-16,18,20-21H,1-4,9-10H2,(H,19,22);1H/t12-,14+,15?,16?;/m0./s1. The predicted octanol–water partition coefficient (Wildman–Crippen LogP) is 1.45. The van der Waals surface area contributed by atoms with Crippen LogP contribution < -0.4 is 15.4 Å². The van der Waals surface area contributed by atoms with Crippen LogP contribution >= 0.6 is 12.4 Å². The number of amides is 1. The molecule has 1 aliphatic carbocycles. The monoisotopic (exact) mass is 356 g/mol. The first-order valence-corrected chi connectivity index (χ1v) is 8.29. The minimum Gasteiger partial charge on any atom is -0.488 e. The smallest absolute Gasteiger partial charge is 0.241 e. The van der Waals surface area contributed by atoms with Gasteiger partial charge in [-0.25, -0.2) is 0 Å². The lowest BCUT2D eigenvalue weighted by Gasteiger charge is -2.28. The molecular weight excluding hydrogens is 332 g/mol. The Morgan fingerprint density at radius 3 is 2.50 bits per heavy atom. The van der Waals surface area contributed by atoms with Gasteiger partial charge in [0.1, 0.15) is 11.9 Å². The van der Waals surface area contributed by atoms with Crippen molar-refractivity contribution in [2.45, 2.75) is 56.5 Å². The van der Waals surface area contributed by atoms with Crippen LogP contribution in [0.1, 0.15) is 32.1 Å². The minimum absolute atomic E-state index is 0. The van der Waals surface area contributed by atoms with Crippen molar-refractivity contribution in [1.29, 1.82) is 0 Å². The highest BCUT2D eigenvalue weighted by Gasteiger charge is 2.28. The van der Waals surface area contributed by atoms with Gasteiger partial charge in [0.15, 0.2) is 0 Å². The summed E-state index contributed by atoms with van der Waals surface area (Å²) < 4.78 is 5.83. The molecule has 1 heterocycles. The van der Waals surface area contributed by atoms with Gasteiger partial charge in [0.25, 0.3) is 0 Å². The summed E-state index contributed by atoms with van der Waals surface area (Å²) >= 11 is 0. The Balaban J connectivity index is 0.00000208. The van der Waals surface area contributed by atoms with E-state index in [4.69, 9.17) is 4.74 Å². The topological polar surface area (TPSA) is 90.8 Å². The zero-order valence-electron chi connectivity index (χ0n) is 13.5. The summed E-state index contributed by atoms with van der Waals surface area (Å²) in [4.78, 5) is 12.1. The highest BCUT2D eigenvalue weighted by atomic mass is 35.5. The van der Waals surface area contributed by atoms with E-state index < -0.39 is 12.2 Å². The summed E-state index contributed by atoms with van der Waals surface area (Å²) in [6, 6.07) is 6.82. The van der Waals surface area contributed by atoms with Crippen molar-refractivity contribution in [1.82, 2.24) is 5.32 Å². The van der Waals surface area contributed by atoms with E-state index in [9.17, 15) is 15.0 Å². The van der Waals surface area contributed by atoms with E-state index in [1.54, 1.807) is 24.3 Å². The molecular formula is C17H25ClN2O4. The first-order valence-electron chi connectivity index (χ1n) is 8.29. The second kappa shape index (κ2) is 8.67. The zero-order chi connectivity index (χ0) is 16.2. The van der Waals surface area contributed by atoms with E-state index in [1.807, 2.05) is 0 Å². The Hall–Kier alpha value is -1.34. The Morgan fingerprint density at radius 2 is 1.88 bits per heavy atom. The number of hydrogen-bond donors (Lipinski definition) is 4. The molecule has 6 nitrogen and oxygen atoms in total. The Bertz CT molecular complexity index is 540. The van der Waals surface area contributed by atoms with Gasteiger partial charge in [-0.1, -0.05) is 6.42 Å². The van der Waals surface area contributed by atoms with Crippen molar-refractivity contribution in [2.24, 2.45) is 0 Å². The number of ether oxygens (including phenoxy) is 1. The lowest BCUT2D eigenvalue weighted by Crippen LogP contribution is -2.35. The summed E-state index contributed by atoms with van der Waals surface area (Å²) in [5.41, 5.74) is 0.690. The van der Waals surface area contributed by atoms with Crippen LogP contribution in [0, 0.1) is 0 Å². The van der Waals surface area contributed by atoms with Gasteiger partial charge < -0.3 is 25.6 Å². The SMILES string of the molecule is Cl.O=C(Nc1ccc(OC2CCCCC2O)cc1)[C@H]1C[C@H](O)CN1. The molecule has 2 aliphatic rings. The van der Waals surface area contributed by atoms with Crippen molar-refractivity contribution in [3.63, 3.8) is 0 Å². The molecule has 2 fully saturated rings. The minimum atomic E-state index is -0.455. The fraction of sp³-hybridized carbons (Fsp3) is 0.588. The molecule has 1 saturated carbocycles.